The van der Waals surface area contributed by atoms with E-state index in [-0.39, 0.29) is 29.5 Å². The van der Waals surface area contributed by atoms with E-state index in [1.807, 2.05) is 18.3 Å². The van der Waals surface area contributed by atoms with Crippen molar-refractivity contribution >= 4 is 22.5 Å². The quantitative estimate of drug-likeness (QED) is 0.359. The van der Waals surface area contributed by atoms with Crippen LogP contribution in [0.15, 0.2) is 59.7 Å². The minimum atomic E-state index is -0.253. The average molecular weight is 512 g/mol. The van der Waals surface area contributed by atoms with Crippen molar-refractivity contribution < 1.29 is 4.39 Å². The predicted octanol–water partition coefficient (Wildman–Crippen LogP) is 4.84. The van der Waals surface area contributed by atoms with Crippen LogP contribution in [0.1, 0.15) is 49.9 Å². The summed E-state index contributed by atoms with van der Waals surface area (Å²) < 4.78 is 17.5. The predicted molar refractivity (Wildman–Crippen MR) is 145 cm³/mol. The van der Waals surface area contributed by atoms with Gasteiger partial charge in [-0.2, -0.15) is 5.10 Å². The molecule has 194 valence electrons. The number of nitrogens with zero attached hydrogens (tertiary/aromatic N) is 7. The largest absolute Gasteiger partial charge is 0.362 e. The summed E-state index contributed by atoms with van der Waals surface area (Å²) in [6.45, 7) is 13.1. The molecule has 0 bridgehead atoms. The Bertz CT molecular complexity index is 1600. The lowest BCUT2D eigenvalue weighted by molar-refractivity contribution is 0.130. The fraction of sp³-hybridized carbons (Fsp3) is 0.379. The van der Waals surface area contributed by atoms with Gasteiger partial charge in [-0.25, -0.2) is 4.39 Å². The van der Waals surface area contributed by atoms with Gasteiger partial charge in [0.1, 0.15) is 5.82 Å². The second kappa shape index (κ2) is 9.37. The van der Waals surface area contributed by atoms with E-state index in [0.29, 0.717) is 29.4 Å². The Balaban J connectivity index is 1.38. The van der Waals surface area contributed by atoms with Crippen molar-refractivity contribution in [2.75, 3.05) is 18.0 Å². The number of fused-ring (bicyclic) bond motifs is 1. The normalized spacial score (nSPS) is 21.0. The molecule has 1 aromatic carbocycles. The molecule has 1 unspecified atom stereocenters. The molecule has 2 fully saturated rings. The minimum Gasteiger partial charge on any atom is -0.362 e. The number of aryl methyl sites for hydroxylation is 1. The van der Waals surface area contributed by atoms with Crippen molar-refractivity contribution in [3.8, 4) is 0 Å². The molecule has 6 rings (SSSR count). The summed E-state index contributed by atoms with van der Waals surface area (Å²) in [5, 5.41) is 4.65. The molecule has 3 atom stereocenters. The minimum absolute atomic E-state index is 0.0568. The molecule has 2 aliphatic rings. The first kappa shape index (κ1) is 24.3. The van der Waals surface area contributed by atoms with Crippen LogP contribution >= 0.6 is 0 Å². The third-order valence-electron chi connectivity index (χ3n) is 7.89. The molecule has 38 heavy (non-hydrogen) atoms. The van der Waals surface area contributed by atoms with Crippen molar-refractivity contribution in [2.45, 2.75) is 50.9 Å². The van der Waals surface area contributed by atoms with Crippen LogP contribution in [0.5, 0.6) is 0 Å². The van der Waals surface area contributed by atoms with Gasteiger partial charge < -0.3 is 14.3 Å². The lowest BCUT2D eigenvalue weighted by Crippen LogP contribution is -2.57. The summed E-state index contributed by atoms with van der Waals surface area (Å²) in [5.41, 5.74) is 4.14. The highest BCUT2D eigenvalue weighted by atomic mass is 19.1. The van der Waals surface area contributed by atoms with Gasteiger partial charge in [0.05, 0.1) is 29.5 Å². The van der Waals surface area contributed by atoms with Gasteiger partial charge in [0.2, 0.25) is 5.52 Å². The molecule has 0 N–H and O–H groups in total. The third-order valence-corrected chi connectivity index (χ3v) is 7.89. The van der Waals surface area contributed by atoms with Gasteiger partial charge in [0.15, 0.2) is 0 Å². The number of piperazine rings is 1. The highest BCUT2D eigenvalue weighted by molar-refractivity contribution is 5.89. The zero-order valence-electron chi connectivity index (χ0n) is 21.8. The zero-order valence-corrected chi connectivity index (χ0v) is 21.8. The lowest BCUT2D eigenvalue weighted by atomic mass is 9.95. The first-order chi connectivity index (χ1) is 18.3. The molecular formula is C29H30FN7O. The molecule has 3 aromatic heterocycles. The van der Waals surface area contributed by atoms with Gasteiger partial charge in [-0.15, -0.1) is 4.98 Å². The number of hydrogen-bond acceptors (Lipinski definition) is 5. The van der Waals surface area contributed by atoms with E-state index in [1.165, 1.54) is 12.1 Å². The lowest BCUT2D eigenvalue weighted by Gasteiger charge is -2.48. The standard InChI is InChI=1S/C29H30FN7O/c1-18-16-36(29(20-5-7-22(30)8-6-20)21-14-32-37(17-21)23-9-10-23)19(2)15-35(18)25-13-27(38)34(4)24-11-12-26(31-3)33-28(24)25/h5-8,11-14,17-19,23,29H,9-10,15-16H2,1-2,4H3/t18-,19+,29?/m0/s1. The Morgan fingerprint density at radius 3 is 2.53 bits per heavy atom. The van der Waals surface area contributed by atoms with Gasteiger partial charge >= 0.3 is 0 Å². The summed E-state index contributed by atoms with van der Waals surface area (Å²) in [6.07, 6.45) is 6.39. The van der Waals surface area contributed by atoms with Crippen LogP contribution in [0.4, 0.5) is 15.9 Å². The number of halogens is 1. The number of benzene rings is 1. The van der Waals surface area contributed by atoms with Crippen molar-refractivity contribution in [3.63, 3.8) is 0 Å². The van der Waals surface area contributed by atoms with Gasteiger partial charge in [-0.05, 0) is 56.5 Å². The summed E-state index contributed by atoms with van der Waals surface area (Å²) in [5.74, 6) is 0.0528. The smallest absolute Gasteiger partial charge is 0.270 e. The van der Waals surface area contributed by atoms with Crippen LogP contribution in [0, 0.1) is 12.4 Å². The summed E-state index contributed by atoms with van der Waals surface area (Å²) in [6, 6.07) is 12.4. The summed E-state index contributed by atoms with van der Waals surface area (Å²) >= 11 is 0. The second-order valence-electron chi connectivity index (χ2n) is 10.6. The first-order valence-electron chi connectivity index (χ1n) is 13.0. The molecule has 1 saturated heterocycles. The van der Waals surface area contributed by atoms with E-state index in [1.54, 1.807) is 29.8 Å². The highest BCUT2D eigenvalue weighted by Gasteiger charge is 2.37. The average Bonchev–Trinajstić information content (AvgIpc) is 3.66. The Morgan fingerprint density at radius 1 is 1.05 bits per heavy atom. The number of hydrogen-bond donors (Lipinski definition) is 0. The SMILES string of the molecule is [C-]#[N+]c1ccc2c(n1)c(N1C[C@@H](C)N(C(c3ccc(F)cc3)c3cnn(C4CC4)c3)C[C@@H]1C)cc(=O)n2C. The van der Waals surface area contributed by atoms with Crippen LogP contribution < -0.4 is 10.5 Å². The maximum atomic E-state index is 13.8. The number of aromatic nitrogens is 4. The van der Waals surface area contributed by atoms with Crippen molar-refractivity contribution in [2.24, 2.45) is 7.05 Å². The molecule has 0 radical (unpaired) electrons. The maximum Gasteiger partial charge on any atom is 0.270 e. The van der Waals surface area contributed by atoms with E-state index >= 15 is 0 Å². The molecule has 1 saturated carbocycles. The van der Waals surface area contributed by atoms with Crippen molar-refractivity contribution in [1.29, 1.82) is 0 Å². The Morgan fingerprint density at radius 2 is 1.82 bits per heavy atom. The zero-order chi connectivity index (χ0) is 26.6. The van der Waals surface area contributed by atoms with Gasteiger partial charge in [0.25, 0.3) is 11.4 Å². The molecule has 8 nitrogen and oxygen atoms in total. The molecule has 4 aromatic rings. The summed E-state index contributed by atoms with van der Waals surface area (Å²) in [7, 11) is 1.73. The maximum absolute atomic E-state index is 13.8. The van der Waals surface area contributed by atoms with E-state index < -0.39 is 0 Å². The molecule has 9 heteroatoms. The van der Waals surface area contributed by atoms with Gasteiger partial charge in [-0.1, -0.05) is 18.7 Å². The van der Waals surface area contributed by atoms with E-state index in [4.69, 9.17) is 6.57 Å². The third kappa shape index (κ3) is 4.25. The Kier molecular flexibility index (Phi) is 6.00. The first-order valence-corrected chi connectivity index (χ1v) is 13.0. The topological polar surface area (TPSA) is 63.6 Å². The van der Waals surface area contributed by atoms with E-state index in [9.17, 15) is 9.18 Å². The number of rotatable bonds is 5. The summed E-state index contributed by atoms with van der Waals surface area (Å²) in [4.78, 5) is 25.7. The Hall–Kier alpha value is -4.03. The number of anilines is 1. The van der Waals surface area contributed by atoms with Crippen molar-refractivity contribution in [1.82, 2.24) is 24.2 Å². The molecule has 0 amide bonds. The van der Waals surface area contributed by atoms with Crippen LogP contribution in [0.3, 0.4) is 0 Å². The molecule has 1 aliphatic heterocycles. The highest BCUT2D eigenvalue weighted by Crippen LogP contribution is 2.38. The van der Waals surface area contributed by atoms with Gasteiger partial charge in [0, 0.05) is 50.0 Å². The van der Waals surface area contributed by atoms with E-state index in [0.717, 1.165) is 36.2 Å². The molecule has 4 heterocycles. The van der Waals surface area contributed by atoms with Crippen LogP contribution in [0.2, 0.25) is 0 Å². The fourth-order valence-electron chi connectivity index (χ4n) is 5.68. The van der Waals surface area contributed by atoms with E-state index in [2.05, 4.69) is 49.5 Å². The number of pyridine rings is 2. The van der Waals surface area contributed by atoms with Crippen LogP contribution in [-0.2, 0) is 7.05 Å². The van der Waals surface area contributed by atoms with Gasteiger partial charge in [-0.3, -0.25) is 14.4 Å². The van der Waals surface area contributed by atoms with Crippen LogP contribution in [0.25, 0.3) is 15.9 Å². The Labute approximate surface area is 220 Å². The fourth-order valence-corrected chi connectivity index (χ4v) is 5.68. The van der Waals surface area contributed by atoms with Crippen molar-refractivity contribution in [3.05, 3.63) is 93.6 Å². The molecule has 1 aliphatic carbocycles. The second-order valence-corrected chi connectivity index (χ2v) is 10.6. The molecular weight excluding hydrogens is 481 g/mol. The molecule has 0 spiro atoms. The monoisotopic (exact) mass is 511 g/mol. The van der Waals surface area contributed by atoms with Crippen LogP contribution in [-0.4, -0.2) is 49.4 Å².